The van der Waals surface area contributed by atoms with Gasteiger partial charge < -0.3 is 4.90 Å². The van der Waals surface area contributed by atoms with Crippen molar-refractivity contribution in [2.24, 2.45) is 0 Å². The molecule has 2 heterocycles. The Hall–Kier alpha value is -3.42. The van der Waals surface area contributed by atoms with Gasteiger partial charge in [-0.1, -0.05) is 29.8 Å². The van der Waals surface area contributed by atoms with E-state index < -0.39 is 23.7 Å². The van der Waals surface area contributed by atoms with Crippen LogP contribution in [0.3, 0.4) is 0 Å². The van der Waals surface area contributed by atoms with E-state index in [0.29, 0.717) is 27.8 Å². The molecule has 1 fully saturated rings. The number of aryl methyl sites for hydroxylation is 3. The van der Waals surface area contributed by atoms with Crippen LogP contribution in [0.15, 0.2) is 36.4 Å². The van der Waals surface area contributed by atoms with E-state index in [0.717, 1.165) is 0 Å². The lowest BCUT2D eigenvalue weighted by atomic mass is 9.94. The zero-order valence-electron chi connectivity index (χ0n) is 18.4. The van der Waals surface area contributed by atoms with Crippen molar-refractivity contribution < 1.29 is 28.0 Å². The summed E-state index contributed by atoms with van der Waals surface area (Å²) in [7, 11) is 0. The molecule has 1 N–H and O–H groups in total. The number of halogens is 2. The van der Waals surface area contributed by atoms with Crippen LogP contribution in [0.4, 0.5) is 8.78 Å². The second-order valence-corrected chi connectivity index (χ2v) is 8.71. The average molecular weight is 454 g/mol. The van der Waals surface area contributed by atoms with Crippen LogP contribution >= 0.6 is 0 Å². The lowest BCUT2D eigenvalue weighted by Gasteiger charge is -2.29. The summed E-state index contributed by atoms with van der Waals surface area (Å²) in [4.78, 5) is 50.1. The number of benzene rings is 2. The highest BCUT2D eigenvalue weighted by atomic mass is 19.3. The molecule has 0 saturated carbocycles. The van der Waals surface area contributed by atoms with E-state index in [1.54, 1.807) is 44.2 Å². The van der Waals surface area contributed by atoms with E-state index in [-0.39, 0.29) is 49.6 Å². The van der Waals surface area contributed by atoms with Crippen molar-refractivity contribution in [3.8, 4) is 0 Å². The molecule has 8 heteroatoms. The molecule has 0 spiro atoms. The summed E-state index contributed by atoms with van der Waals surface area (Å²) in [6.07, 6.45) is 0.195. The largest absolute Gasteiger partial charge is 0.330 e. The molecular weight excluding hydrogens is 430 g/mol. The topological polar surface area (TPSA) is 83.6 Å². The summed E-state index contributed by atoms with van der Waals surface area (Å²) in [5.41, 5.74) is 2.53. The summed E-state index contributed by atoms with van der Waals surface area (Å²) in [6, 6.07) is 8.91. The number of Topliss-reactive ketones (excluding diaryl/α,β-unsaturated/α-hetero) is 1. The summed E-state index contributed by atoms with van der Waals surface area (Å²) in [5, 5.41) is 2.25. The fourth-order valence-corrected chi connectivity index (χ4v) is 4.42. The first-order valence-electron chi connectivity index (χ1n) is 10.8. The molecule has 2 aromatic carbocycles. The number of rotatable bonds is 6. The predicted octanol–water partition coefficient (Wildman–Crippen LogP) is 3.36. The van der Waals surface area contributed by atoms with E-state index in [4.69, 9.17) is 0 Å². The standard InChI is InChI=1S/C25H24F2N2O4/c1-14-3-4-15(2)19(11-14)25(26,27)21(30)9-6-16-5-7-18-17(12-16)13-29(24(18)33)20-8-10-22(31)28-23(20)32/h3-5,7,11-12,20H,6,8-10,13H2,1-2H3,(H,28,31,32). The number of amides is 3. The fourth-order valence-electron chi connectivity index (χ4n) is 4.42. The number of nitrogens with one attached hydrogen (secondary N) is 1. The van der Waals surface area contributed by atoms with Crippen LogP contribution in [0.1, 0.15) is 57.4 Å². The van der Waals surface area contributed by atoms with Crippen molar-refractivity contribution in [2.45, 2.75) is 58.0 Å². The monoisotopic (exact) mass is 454 g/mol. The van der Waals surface area contributed by atoms with Crippen LogP contribution in [0.25, 0.3) is 0 Å². The highest BCUT2D eigenvalue weighted by Crippen LogP contribution is 2.34. The molecule has 2 aliphatic rings. The fraction of sp³-hybridized carbons (Fsp3) is 0.360. The summed E-state index contributed by atoms with van der Waals surface area (Å²) in [5.74, 6) is -5.88. The van der Waals surface area contributed by atoms with Crippen molar-refractivity contribution >= 4 is 23.5 Å². The van der Waals surface area contributed by atoms with Gasteiger partial charge in [0.05, 0.1) is 0 Å². The summed E-state index contributed by atoms with van der Waals surface area (Å²) >= 11 is 0. The number of piperidine rings is 1. The molecule has 2 aliphatic heterocycles. The van der Waals surface area contributed by atoms with Gasteiger partial charge in [-0.3, -0.25) is 24.5 Å². The first-order valence-corrected chi connectivity index (χ1v) is 10.8. The second kappa shape index (κ2) is 8.50. The minimum Gasteiger partial charge on any atom is -0.322 e. The number of ketones is 1. The Bertz CT molecular complexity index is 1170. The van der Waals surface area contributed by atoms with Crippen molar-refractivity contribution in [3.05, 3.63) is 69.8 Å². The lowest BCUT2D eigenvalue weighted by molar-refractivity contribution is -0.144. The Morgan fingerprint density at radius 3 is 2.61 bits per heavy atom. The van der Waals surface area contributed by atoms with E-state index >= 15 is 0 Å². The maximum absolute atomic E-state index is 14.8. The van der Waals surface area contributed by atoms with Crippen molar-refractivity contribution in [3.63, 3.8) is 0 Å². The molecule has 0 bridgehead atoms. The molecule has 0 radical (unpaired) electrons. The molecular formula is C25H24F2N2O4. The van der Waals surface area contributed by atoms with Crippen LogP contribution in [0.5, 0.6) is 0 Å². The molecule has 2 aromatic rings. The molecule has 6 nitrogen and oxygen atoms in total. The van der Waals surface area contributed by atoms with E-state index in [2.05, 4.69) is 5.32 Å². The number of carbonyl (C=O) groups excluding carboxylic acids is 4. The van der Waals surface area contributed by atoms with Gasteiger partial charge in [-0.2, -0.15) is 8.78 Å². The van der Waals surface area contributed by atoms with Gasteiger partial charge in [-0.05, 0) is 55.5 Å². The van der Waals surface area contributed by atoms with Crippen LogP contribution in [0.2, 0.25) is 0 Å². The Balaban J connectivity index is 1.45. The number of hydrogen-bond donors (Lipinski definition) is 1. The number of hydrogen-bond acceptors (Lipinski definition) is 4. The smallest absolute Gasteiger partial charge is 0.322 e. The summed E-state index contributed by atoms with van der Waals surface area (Å²) in [6.45, 7) is 3.45. The highest BCUT2D eigenvalue weighted by Gasteiger charge is 2.41. The van der Waals surface area contributed by atoms with Crippen LogP contribution in [0, 0.1) is 13.8 Å². The maximum atomic E-state index is 14.8. The van der Waals surface area contributed by atoms with E-state index in [1.165, 1.54) is 11.0 Å². The SMILES string of the molecule is Cc1ccc(C)c(C(F)(F)C(=O)CCc2ccc3c(c2)CN(C2CCC(=O)NC2=O)C3=O)c1. The molecule has 33 heavy (non-hydrogen) atoms. The molecule has 172 valence electrons. The quantitative estimate of drug-likeness (QED) is 0.679. The van der Waals surface area contributed by atoms with Crippen molar-refractivity contribution in [2.75, 3.05) is 0 Å². The van der Waals surface area contributed by atoms with E-state index in [1.807, 2.05) is 0 Å². The van der Waals surface area contributed by atoms with Gasteiger partial charge in [0.2, 0.25) is 17.6 Å². The average Bonchev–Trinajstić information content (AvgIpc) is 3.09. The van der Waals surface area contributed by atoms with Crippen LogP contribution in [-0.2, 0) is 33.3 Å². The number of imide groups is 1. The van der Waals surface area contributed by atoms with Gasteiger partial charge in [0, 0.05) is 30.5 Å². The minimum atomic E-state index is -3.58. The van der Waals surface area contributed by atoms with Crippen LogP contribution in [-0.4, -0.2) is 34.4 Å². The van der Waals surface area contributed by atoms with E-state index in [9.17, 15) is 28.0 Å². The zero-order valence-corrected chi connectivity index (χ0v) is 18.4. The Morgan fingerprint density at radius 2 is 1.88 bits per heavy atom. The minimum absolute atomic E-state index is 0.110. The van der Waals surface area contributed by atoms with Gasteiger partial charge in [0.25, 0.3) is 5.91 Å². The number of nitrogens with zero attached hydrogens (tertiary/aromatic N) is 1. The van der Waals surface area contributed by atoms with Crippen LogP contribution < -0.4 is 5.32 Å². The van der Waals surface area contributed by atoms with Gasteiger partial charge in [0.1, 0.15) is 6.04 Å². The molecule has 0 aromatic heterocycles. The third kappa shape index (κ3) is 4.29. The molecule has 1 saturated heterocycles. The number of alkyl halides is 2. The number of fused-ring (bicyclic) bond motifs is 1. The highest BCUT2D eigenvalue weighted by molar-refractivity contribution is 6.05. The Kier molecular flexibility index (Phi) is 5.86. The third-order valence-electron chi connectivity index (χ3n) is 6.31. The van der Waals surface area contributed by atoms with Crippen molar-refractivity contribution in [1.82, 2.24) is 10.2 Å². The predicted molar refractivity (Wildman–Crippen MR) is 116 cm³/mol. The molecule has 1 atom stereocenters. The van der Waals surface area contributed by atoms with Gasteiger partial charge >= 0.3 is 5.92 Å². The normalized spacial score (nSPS) is 18.4. The summed E-state index contributed by atoms with van der Waals surface area (Å²) < 4.78 is 29.6. The first-order chi connectivity index (χ1) is 15.6. The first kappa shape index (κ1) is 22.8. The van der Waals surface area contributed by atoms with Gasteiger partial charge in [-0.25, -0.2) is 0 Å². The maximum Gasteiger partial charge on any atom is 0.330 e. The van der Waals surface area contributed by atoms with Crippen molar-refractivity contribution in [1.29, 1.82) is 0 Å². The molecule has 1 unspecified atom stereocenters. The zero-order chi connectivity index (χ0) is 23.9. The molecule has 3 amide bonds. The third-order valence-corrected chi connectivity index (χ3v) is 6.31. The Labute approximate surface area is 190 Å². The van der Waals surface area contributed by atoms with Gasteiger partial charge in [0.15, 0.2) is 0 Å². The molecule has 4 rings (SSSR count). The molecule has 0 aliphatic carbocycles. The lowest BCUT2D eigenvalue weighted by Crippen LogP contribution is -2.52. The van der Waals surface area contributed by atoms with Gasteiger partial charge in [-0.15, -0.1) is 0 Å². The number of carbonyl (C=O) groups is 4. The second-order valence-electron chi connectivity index (χ2n) is 8.71. The Morgan fingerprint density at radius 1 is 1.12 bits per heavy atom.